The number of guanidine groups is 1. The van der Waals surface area contributed by atoms with Crippen LogP contribution in [0.15, 0.2) is 34.2 Å². The summed E-state index contributed by atoms with van der Waals surface area (Å²) in [5, 5.41) is 11.7. The molecule has 0 atom stereocenters. The van der Waals surface area contributed by atoms with Gasteiger partial charge in [-0.25, -0.2) is 18.5 Å². The number of aliphatic imine (C=N–C) groups is 1. The lowest BCUT2D eigenvalue weighted by Crippen LogP contribution is -2.49. The zero-order chi connectivity index (χ0) is 20.8. The van der Waals surface area contributed by atoms with E-state index >= 15 is 0 Å². The van der Waals surface area contributed by atoms with Crippen LogP contribution in [-0.2, 0) is 21.4 Å². The van der Waals surface area contributed by atoms with E-state index in [0.29, 0.717) is 25.6 Å². The lowest BCUT2D eigenvalue weighted by molar-refractivity contribution is -0.138. The molecule has 8 nitrogen and oxygen atoms in total. The summed E-state index contributed by atoms with van der Waals surface area (Å²) in [5.41, 5.74) is 0.344. The molecule has 0 aliphatic heterocycles. The monoisotopic (exact) mass is 409 g/mol. The molecule has 1 amide bonds. The lowest BCUT2D eigenvalue weighted by Gasteiger charge is -2.31. The Morgan fingerprint density at radius 1 is 1.25 bits per heavy atom. The Labute approximate surface area is 167 Å². The third-order valence-electron chi connectivity index (χ3n) is 5.01. The average Bonchev–Trinajstić information content (AvgIpc) is 3.13. The number of hydrogen-bond acceptors (Lipinski definition) is 4. The van der Waals surface area contributed by atoms with Crippen molar-refractivity contribution in [2.24, 2.45) is 15.5 Å². The second kappa shape index (κ2) is 9.38. The summed E-state index contributed by atoms with van der Waals surface area (Å²) < 4.78 is 23.0. The molecule has 1 fully saturated rings. The van der Waals surface area contributed by atoms with Crippen molar-refractivity contribution >= 4 is 21.9 Å². The van der Waals surface area contributed by atoms with Crippen LogP contribution < -0.4 is 15.8 Å². The number of benzene rings is 1. The van der Waals surface area contributed by atoms with Gasteiger partial charge in [0.25, 0.3) is 0 Å². The number of nitrogens with zero attached hydrogens (tertiary/aromatic N) is 2. The minimum Gasteiger partial charge on any atom is -0.357 e. The molecular weight excluding hydrogens is 378 g/mol. The fourth-order valence-electron chi connectivity index (χ4n) is 3.58. The van der Waals surface area contributed by atoms with Crippen LogP contribution in [0.3, 0.4) is 0 Å². The van der Waals surface area contributed by atoms with Crippen LogP contribution in [0.1, 0.15) is 38.2 Å². The predicted octanol–water partition coefficient (Wildman–Crippen LogP) is 1.04. The first-order valence-electron chi connectivity index (χ1n) is 9.53. The molecule has 156 valence electrons. The van der Waals surface area contributed by atoms with Crippen molar-refractivity contribution in [3.05, 3.63) is 29.8 Å². The molecule has 1 aromatic rings. The van der Waals surface area contributed by atoms with Gasteiger partial charge in [-0.3, -0.25) is 4.79 Å². The van der Waals surface area contributed by atoms with Gasteiger partial charge in [-0.2, -0.15) is 0 Å². The van der Waals surface area contributed by atoms with E-state index in [1.165, 1.54) is 12.1 Å². The van der Waals surface area contributed by atoms with Crippen molar-refractivity contribution in [2.75, 3.05) is 27.2 Å². The Kier molecular flexibility index (Phi) is 7.42. The van der Waals surface area contributed by atoms with Crippen LogP contribution in [0.2, 0.25) is 0 Å². The predicted molar refractivity (Wildman–Crippen MR) is 110 cm³/mol. The normalized spacial score (nSPS) is 16.6. The van der Waals surface area contributed by atoms with E-state index in [2.05, 4.69) is 15.6 Å². The van der Waals surface area contributed by atoms with Gasteiger partial charge in [0.05, 0.1) is 16.9 Å². The van der Waals surface area contributed by atoms with Crippen LogP contribution in [0, 0.1) is 5.41 Å². The second-order valence-corrected chi connectivity index (χ2v) is 8.99. The summed E-state index contributed by atoms with van der Waals surface area (Å²) in [6.07, 6.45) is 3.84. The summed E-state index contributed by atoms with van der Waals surface area (Å²) >= 11 is 0. The summed E-state index contributed by atoms with van der Waals surface area (Å²) in [7, 11) is -0.159. The van der Waals surface area contributed by atoms with Gasteiger partial charge in [0.15, 0.2) is 5.96 Å². The van der Waals surface area contributed by atoms with Crippen molar-refractivity contribution in [3.63, 3.8) is 0 Å². The Balaban J connectivity index is 2.11. The Bertz CT molecular complexity index is 815. The van der Waals surface area contributed by atoms with Crippen molar-refractivity contribution < 1.29 is 13.2 Å². The first kappa shape index (κ1) is 22.2. The molecule has 2 rings (SSSR count). The van der Waals surface area contributed by atoms with Crippen LogP contribution >= 0.6 is 0 Å². The third-order valence-corrected chi connectivity index (χ3v) is 5.92. The Morgan fingerprint density at radius 3 is 2.50 bits per heavy atom. The highest BCUT2D eigenvalue weighted by Gasteiger charge is 2.42. The lowest BCUT2D eigenvalue weighted by atomic mass is 9.84. The van der Waals surface area contributed by atoms with Gasteiger partial charge < -0.3 is 15.5 Å². The molecule has 1 aliphatic carbocycles. The maximum Gasteiger partial charge on any atom is 0.238 e. The van der Waals surface area contributed by atoms with Crippen LogP contribution in [0.25, 0.3) is 0 Å². The number of sulfonamides is 1. The van der Waals surface area contributed by atoms with Crippen LogP contribution in [0.5, 0.6) is 0 Å². The van der Waals surface area contributed by atoms with E-state index in [1.54, 1.807) is 31.1 Å². The first-order valence-corrected chi connectivity index (χ1v) is 11.1. The van der Waals surface area contributed by atoms with Crippen LogP contribution in [-0.4, -0.2) is 52.4 Å². The number of primary sulfonamides is 1. The van der Waals surface area contributed by atoms with Crippen molar-refractivity contribution in [1.29, 1.82) is 0 Å². The summed E-state index contributed by atoms with van der Waals surface area (Å²) in [6.45, 7) is 3.47. The van der Waals surface area contributed by atoms with Gasteiger partial charge in [-0.05, 0) is 37.5 Å². The molecule has 0 saturated heterocycles. The molecule has 1 aliphatic rings. The number of carbonyl (C=O) groups excluding carboxylic acids is 1. The van der Waals surface area contributed by atoms with E-state index in [0.717, 1.165) is 31.2 Å². The van der Waals surface area contributed by atoms with Gasteiger partial charge in [-0.15, -0.1) is 0 Å². The van der Waals surface area contributed by atoms with Gasteiger partial charge in [0, 0.05) is 27.2 Å². The van der Waals surface area contributed by atoms with E-state index in [1.807, 2.05) is 6.92 Å². The quantitative estimate of drug-likeness (QED) is 0.459. The number of carbonyl (C=O) groups is 1. The molecule has 0 bridgehead atoms. The summed E-state index contributed by atoms with van der Waals surface area (Å²) in [5.74, 6) is 0.746. The van der Waals surface area contributed by atoms with Gasteiger partial charge in [0.2, 0.25) is 15.9 Å². The first-order chi connectivity index (χ1) is 13.2. The van der Waals surface area contributed by atoms with Gasteiger partial charge in [0.1, 0.15) is 0 Å². The minimum absolute atomic E-state index is 0.0691. The third kappa shape index (κ3) is 5.68. The standard InChI is InChI=1S/C19H31N5O3S/c1-4-21-18(22-13-15-8-7-9-16(12-15)28(20,26)27)23-14-19(10-5-6-11-19)17(25)24(2)3/h7-9,12H,4-6,10-11,13-14H2,1-3H3,(H2,20,26,27)(H2,21,22,23). The largest absolute Gasteiger partial charge is 0.357 e. The van der Waals surface area contributed by atoms with Crippen molar-refractivity contribution in [2.45, 2.75) is 44.0 Å². The van der Waals surface area contributed by atoms with Crippen molar-refractivity contribution in [3.8, 4) is 0 Å². The number of hydrogen-bond donors (Lipinski definition) is 3. The molecule has 0 aromatic heterocycles. The molecule has 0 radical (unpaired) electrons. The zero-order valence-corrected chi connectivity index (χ0v) is 17.7. The fraction of sp³-hybridized carbons (Fsp3) is 0.579. The molecule has 1 aromatic carbocycles. The van der Waals surface area contributed by atoms with Gasteiger partial charge in [-0.1, -0.05) is 25.0 Å². The minimum atomic E-state index is -3.74. The topological polar surface area (TPSA) is 117 Å². The Morgan fingerprint density at radius 2 is 1.93 bits per heavy atom. The van der Waals surface area contributed by atoms with Crippen molar-refractivity contribution in [1.82, 2.24) is 15.5 Å². The summed E-state index contributed by atoms with van der Waals surface area (Å²) in [4.78, 5) is 19.0. The maximum absolute atomic E-state index is 12.7. The second-order valence-electron chi connectivity index (χ2n) is 7.43. The number of amides is 1. The van der Waals surface area contributed by atoms with E-state index in [-0.39, 0.29) is 10.8 Å². The molecule has 0 spiro atoms. The zero-order valence-electron chi connectivity index (χ0n) is 16.9. The Hall–Kier alpha value is -2.13. The maximum atomic E-state index is 12.7. The smallest absolute Gasteiger partial charge is 0.238 e. The molecular formula is C19H31N5O3S. The highest BCUT2D eigenvalue weighted by molar-refractivity contribution is 7.89. The fourth-order valence-corrected chi connectivity index (χ4v) is 4.16. The molecule has 0 unspecified atom stereocenters. The highest BCUT2D eigenvalue weighted by atomic mass is 32.2. The molecule has 0 heterocycles. The number of rotatable bonds is 7. The van der Waals surface area contributed by atoms with E-state index in [9.17, 15) is 13.2 Å². The van der Waals surface area contributed by atoms with E-state index < -0.39 is 15.4 Å². The molecule has 28 heavy (non-hydrogen) atoms. The number of nitrogens with two attached hydrogens (primary N) is 1. The molecule has 4 N–H and O–H groups in total. The SMILES string of the molecule is CCNC(=NCc1cccc(S(N)(=O)=O)c1)NCC1(C(=O)N(C)C)CCCC1. The molecule has 9 heteroatoms. The average molecular weight is 410 g/mol. The highest BCUT2D eigenvalue weighted by Crippen LogP contribution is 2.38. The number of nitrogens with one attached hydrogen (secondary N) is 2. The molecule has 1 saturated carbocycles. The summed E-state index contributed by atoms with van der Waals surface area (Å²) in [6, 6.07) is 6.43. The van der Waals surface area contributed by atoms with E-state index in [4.69, 9.17) is 5.14 Å². The van der Waals surface area contributed by atoms with Gasteiger partial charge >= 0.3 is 0 Å². The van der Waals surface area contributed by atoms with Crippen LogP contribution in [0.4, 0.5) is 0 Å².